The number of methoxy groups -OCH3 is 1. The zero-order valence-electron chi connectivity index (χ0n) is 16.2. The molecule has 4 aromatic rings. The molecule has 30 heavy (non-hydrogen) atoms. The van der Waals surface area contributed by atoms with Crippen LogP contribution < -0.4 is 15.6 Å². The van der Waals surface area contributed by atoms with Crippen molar-refractivity contribution in [3.8, 4) is 11.4 Å². The number of nitrogens with one attached hydrogen (secondary N) is 1. The predicted octanol–water partition coefficient (Wildman–Crippen LogP) is 4.13. The number of carbonyl (C=O) groups excluding carboxylic acids is 1. The van der Waals surface area contributed by atoms with Crippen molar-refractivity contribution in [1.29, 1.82) is 0 Å². The Morgan fingerprint density at radius 3 is 2.60 bits per heavy atom. The normalized spacial score (nSPS) is 10.7. The number of amides is 1. The molecular formula is C23H19N3O3S. The Morgan fingerprint density at radius 1 is 1.03 bits per heavy atom. The summed E-state index contributed by atoms with van der Waals surface area (Å²) in [4.78, 5) is 30.3. The van der Waals surface area contributed by atoms with Crippen LogP contribution >= 0.6 is 11.8 Å². The quantitative estimate of drug-likeness (QED) is 0.377. The molecule has 1 heterocycles. The van der Waals surface area contributed by atoms with E-state index in [0.717, 1.165) is 5.69 Å². The number of ether oxygens (including phenoxy) is 1. The number of para-hydroxylation sites is 2. The molecule has 1 amide bonds. The number of hydrogen-bond acceptors (Lipinski definition) is 5. The molecule has 3 aromatic carbocycles. The first-order valence-electron chi connectivity index (χ1n) is 9.29. The number of hydrogen-bond donors (Lipinski definition) is 1. The zero-order chi connectivity index (χ0) is 20.9. The van der Waals surface area contributed by atoms with Gasteiger partial charge in [-0.05, 0) is 36.4 Å². The van der Waals surface area contributed by atoms with Gasteiger partial charge in [0.05, 0.1) is 29.5 Å². The number of aromatic nitrogens is 2. The Morgan fingerprint density at radius 2 is 1.80 bits per heavy atom. The molecule has 0 aliphatic rings. The first-order chi connectivity index (χ1) is 14.7. The van der Waals surface area contributed by atoms with Crippen LogP contribution in [0.4, 0.5) is 5.69 Å². The predicted molar refractivity (Wildman–Crippen MR) is 120 cm³/mol. The van der Waals surface area contributed by atoms with Gasteiger partial charge in [-0.25, -0.2) is 4.98 Å². The molecule has 0 saturated carbocycles. The molecule has 0 aliphatic carbocycles. The molecule has 0 fully saturated rings. The molecule has 0 aliphatic heterocycles. The Labute approximate surface area is 177 Å². The summed E-state index contributed by atoms with van der Waals surface area (Å²) in [6.07, 6.45) is 0. The van der Waals surface area contributed by atoms with Crippen molar-refractivity contribution in [1.82, 2.24) is 9.55 Å². The molecule has 6 nitrogen and oxygen atoms in total. The van der Waals surface area contributed by atoms with Crippen molar-refractivity contribution in [3.63, 3.8) is 0 Å². The zero-order valence-corrected chi connectivity index (χ0v) is 17.1. The lowest BCUT2D eigenvalue weighted by Gasteiger charge is -2.14. The number of anilines is 1. The van der Waals surface area contributed by atoms with Crippen LogP contribution in [0.25, 0.3) is 16.6 Å². The average Bonchev–Trinajstić information content (AvgIpc) is 2.78. The van der Waals surface area contributed by atoms with Crippen LogP contribution in [0.5, 0.6) is 5.75 Å². The van der Waals surface area contributed by atoms with Gasteiger partial charge in [0, 0.05) is 11.8 Å². The van der Waals surface area contributed by atoms with Gasteiger partial charge in [0.15, 0.2) is 5.16 Å². The van der Waals surface area contributed by atoms with Gasteiger partial charge in [-0.1, -0.05) is 48.2 Å². The molecule has 0 unspecified atom stereocenters. The molecule has 150 valence electrons. The second-order valence-corrected chi connectivity index (χ2v) is 7.40. The maximum atomic E-state index is 13.3. The molecule has 0 bridgehead atoms. The second kappa shape index (κ2) is 8.84. The number of fused-ring (bicyclic) bond motifs is 1. The number of carbonyl (C=O) groups is 1. The van der Waals surface area contributed by atoms with E-state index >= 15 is 0 Å². The Kier molecular flexibility index (Phi) is 5.81. The van der Waals surface area contributed by atoms with E-state index in [1.807, 2.05) is 54.6 Å². The maximum absolute atomic E-state index is 13.3. The first-order valence-corrected chi connectivity index (χ1v) is 10.3. The summed E-state index contributed by atoms with van der Waals surface area (Å²) >= 11 is 1.21. The van der Waals surface area contributed by atoms with Crippen LogP contribution in [0.3, 0.4) is 0 Å². The van der Waals surface area contributed by atoms with Crippen LogP contribution in [0.1, 0.15) is 0 Å². The van der Waals surface area contributed by atoms with E-state index in [-0.39, 0.29) is 17.2 Å². The summed E-state index contributed by atoms with van der Waals surface area (Å²) in [6.45, 7) is 0. The molecule has 0 atom stereocenters. The van der Waals surface area contributed by atoms with Gasteiger partial charge in [0.2, 0.25) is 5.91 Å². The number of rotatable bonds is 6. The lowest BCUT2D eigenvalue weighted by atomic mass is 10.2. The highest BCUT2D eigenvalue weighted by atomic mass is 32.2. The van der Waals surface area contributed by atoms with Crippen LogP contribution in [0, 0.1) is 0 Å². The summed E-state index contributed by atoms with van der Waals surface area (Å²) in [5, 5.41) is 3.80. The van der Waals surface area contributed by atoms with E-state index in [1.165, 1.54) is 16.3 Å². The van der Waals surface area contributed by atoms with Gasteiger partial charge in [0.25, 0.3) is 5.56 Å². The van der Waals surface area contributed by atoms with Crippen molar-refractivity contribution in [2.45, 2.75) is 5.16 Å². The Hall–Kier alpha value is -3.58. The second-order valence-electron chi connectivity index (χ2n) is 6.46. The van der Waals surface area contributed by atoms with Crippen molar-refractivity contribution in [2.75, 3.05) is 18.2 Å². The van der Waals surface area contributed by atoms with Crippen molar-refractivity contribution in [2.24, 2.45) is 0 Å². The average molecular weight is 417 g/mol. The van der Waals surface area contributed by atoms with Gasteiger partial charge in [-0.3, -0.25) is 14.2 Å². The minimum Gasteiger partial charge on any atom is -0.497 e. The van der Waals surface area contributed by atoms with Crippen molar-refractivity contribution >= 4 is 34.3 Å². The molecule has 0 spiro atoms. The Balaban J connectivity index is 1.70. The Bertz CT molecular complexity index is 1260. The third kappa shape index (κ3) is 4.21. The van der Waals surface area contributed by atoms with E-state index in [4.69, 9.17) is 4.74 Å². The smallest absolute Gasteiger partial charge is 0.266 e. The van der Waals surface area contributed by atoms with Crippen LogP contribution in [0.2, 0.25) is 0 Å². The largest absolute Gasteiger partial charge is 0.497 e. The van der Waals surface area contributed by atoms with E-state index in [9.17, 15) is 9.59 Å². The highest BCUT2D eigenvalue weighted by molar-refractivity contribution is 7.99. The van der Waals surface area contributed by atoms with Crippen LogP contribution in [-0.2, 0) is 4.79 Å². The molecule has 0 saturated heterocycles. The van der Waals surface area contributed by atoms with E-state index in [2.05, 4.69) is 10.3 Å². The van der Waals surface area contributed by atoms with Crippen LogP contribution in [-0.4, -0.2) is 28.3 Å². The fourth-order valence-electron chi connectivity index (χ4n) is 3.04. The number of nitrogens with zero attached hydrogens (tertiary/aromatic N) is 2. The SMILES string of the molecule is COc1cccc(-n2c(SCC(=O)Nc3ccccc3)nc3ccccc3c2=O)c1. The number of thioether (sulfide) groups is 1. The third-order valence-electron chi connectivity index (χ3n) is 4.45. The molecule has 4 rings (SSSR count). The van der Waals surface area contributed by atoms with Gasteiger partial charge in [-0.2, -0.15) is 0 Å². The maximum Gasteiger partial charge on any atom is 0.266 e. The summed E-state index contributed by atoms with van der Waals surface area (Å²) in [7, 11) is 1.57. The number of benzene rings is 3. The van der Waals surface area contributed by atoms with Gasteiger partial charge >= 0.3 is 0 Å². The molecule has 0 radical (unpaired) electrons. The van der Waals surface area contributed by atoms with Gasteiger partial charge < -0.3 is 10.1 Å². The van der Waals surface area contributed by atoms with Gasteiger partial charge in [-0.15, -0.1) is 0 Å². The molecule has 1 N–H and O–H groups in total. The topological polar surface area (TPSA) is 73.2 Å². The fourth-order valence-corrected chi connectivity index (χ4v) is 3.85. The lowest BCUT2D eigenvalue weighted by Crippen LogP contribution is -2.23. The molecule has 1 aromatic heterocycles. The van der Waals surface area contributed by atoms with E-state index in [0.29, 0.717) is 27.5 Å². The highest BCUT2D eigenvalue weighted by Crippen LogP contribution is 2.23. The van der Waals surface area contributed by atoms with Crippen LogP contribution in [0.15, 0.2) is 88.8 Å². The molecule has 7 heteroatoms. The summed E-state index contributed by atoms with van der Waals surface area (Å²) in [6, 6.07) is 23.6. The summed E-state index contributed by atoms with van der Waals surface area (Å²) in [5.74, 6) is 0.569. The van der Waals surface area contributed by atoms with Crippen molar-refractivity contribution < 1.29 is 9.53 Å². The highest BCUT2D eigenvalue weighted by Gasteiger charge is 2.15. The van der Waals surface area contributed by atoms with Crippen molar-refractivity contribution in [3.05, 3.63) is 89.2 Å². The minimum absolute atomic E-state index is 0.115. The van der Waals surface area contributed by atoms with E-state index < -0.39 is 0 Å². The monoisotopic (exact) mass is 417 g/mol. The van der Waals surface area contributed by atoms with E-state index in [1.54, 1.807) is 31.4 Å². The fraction of sp³-hybridized carbons (Fsp3) is 0.0870. The standard InChI is InChI=1S/C23H19N3O3S/c1-29-18-11-7-10-17(14-18)26-22(28)19-12-5-6-13-20(19)25-23(26)30-15-21(27)24-16-8-3-2-4-9-16/h2-14H,15H2,1H3,(H,24,27). The summed E-state index contributed by atoms with van der Waals surface area (Å²) < 4.78 is 6.82. The third-order valence-corrected chi connectivity index (χ3v) is 5.38. The summed E-state index contributed by atoms with van der Waals surface area (Å²) in [5.41, 5.74) is 1.75. The van der Waals surface area contributed by atoms with Gasteiger partial charge in [0.1, 0.15) is 5.75 Å². The molecular weight excluding hydrogens is 398 g/mol. The first kappa shape index (κ1) is 19.7. The lowest BCUT2D eigenvalue weighted by molar-refractivity contribution is -0.113. The minimum atomic E-state index is -0.195.